The molecule has 1 aliphatic carbocycles. The van der Waals surface area contributed by atoms with E-state index in [9.17, 15) is 19.5 Å². The Kier molecular flexibility index (Phi) is 3.93. The lowest BCUT2D eigenvalue weighted by Gasteiger charge is -2.40. The van der Waals surface area contributed by atoms with Crippen LogP contribution in [0.25, 0.3) is 0 Å². The lowest BCUT2D eigenvalue weighted by molar-refractivity contribution is -0.156. The Balaban J connectivity index is 2.10. The Morgan fingerprint density at radius 3 is 2.38 bits per heavy atom. The zero-order valence-corrected chi connectivity index (χ0v) is 13.2. The Bertz CT molecular complexity index is 688. The van der Waals surface area contributed by atoms with Gasteiger partial charge in [-0.15, -0.1) is 0 Å². The highest BCUT2D eigenvalue weighted by molar-refractivity contribution is 5.85. The molecule has 2 heterocycles. The number of aliphatic carboxylic acids is 1. The predicted octanol–water partition coefficient (Wildman–Crippen LogP) is 1.74. The van der Waals surface area contributed by atoms with Crippen molar-refractivity contribution in [3.8, 4) is 0 Å². The molecule has 2 fully saturated rings. The van der Waals surface area contributed by atoms with Crippen molar-refractivity contribution in [2.24, 2.45) is 5.92 Å². The second kappa shape index (κ2) is 5.68. The molecule has 2 saturated heterocycles. The minimum Gasteiger partial charge on any atom is -0.481 e. The number of amides is 2. The number of rotatable bonds is 3. The molecule has 6 nitrogen and oxygen atoms in total. The first-order chi connectivity index (χ1) is 11.3. The lowest BCUT2D eigenvalue weighted by Crippen LogP contribution is -2.54. The van der Waals surface area contributed by atoms with Crippen molar-refractivity contribution in [2.45, 2.75) is 38.4 Å². The molecule has 2 aliphatic heterocycles. The minimum absolute atomic E-state index is 0.0359. The van der Waals surface area contributed by atoms with Crippen LogP contribution in [0.4, 0.5) is 8.78 Å². The molecule has 3 rings (SSSR count). The van der Waals surface area contributed by atoms with Gasteiger partial charge in [-0.05, 0) is 31.4 Å². The zero-order valence-electron chi connectivity index (χ0n) is 13.2. The smallest absolute Gasteiger partial charge is 0.319 e. The summed E-state index contributed by atoms with van der Waals surface area (Å²) in [6, 6.07) is 0. The lowest BCUT2D eigenvalue weighted by atomic mass is 9.85. The molecule has 24 heavy (non-hydrogen) atoms. The molecular formula is C16H18F2N2O4. The summed E-state index contributed by atoms with van der Waals surface area (Å²) in [5.41, 5.74) is -0.0488. The minimum atomic E-state index is -2.76. The Labute approximate surface area is 137 Å². The van der Waals surface area contributed by atoms with Crippen LogP contribution < -0.4 is 0 Å². The van der Waals surface area contributed by atoms with Crippen molar-refractivity contribution in [1.82, 2.24) is 9.80 Å². The number of carboxylic acids is 1. The molecule has 0 radical (unpaired) electrons. The second-order valence-electron chi connectivity index (χ2n) is 6.32. The van der Waals surface area contributed by atoms with Crippen LogP contribution in [-0.4, -0.2) is 51.6 Å². The number of likely N-dealkylation sites (tertiary alicyclic amines) is 2. The van der Waals surface area contributed by atoms with Crippen LogP contribution in [0.15, 0.2) is 23.2 Å². The first-order valence-corrected chi connectivity index (χ1v) is 7.89. The monoisotopic (exact) mass is 340 g/mol. The third-order valence-corrected chi connectivity index (χ3v) is 4.75. The van der Waals surface area contributed by atoms with E-state index in [1.165, 1.54) is 11.8 Å². The average molecular weight is 340 g/mol. The van der Waals surface area contributed by atoms with E-state index in [0.717, 1.165) is 11.0 Å². The van der Waals surface area contributed by atoms with Crippen LogP contribution in [0.2, 0.25) is 0 Å². The molecule has 0 spiro atoms. The summed E-state index contributed by atoms with van der Waals surface area (Å²) in [5.74, 6) is -8.71. The molecule has 3 aliphatic rings. The standard InChI is InChI=1S/C16H18F2N2O4/c1-9-8-16(18,20-7-3-5-11(20)22)12(15(23)24)13(17)14(9)19-6-2-4-10(19)21/h8,12H,2-7H2,1H3,(H,23,24). The molecule has 0 aromatic rings. The molecule has 2 atom stereocenters. The fourth-order valence-electron chi connectivity index (χ4n) is 3.71. The van der Waals surface area contributed by atoms with E-state index in [1.54, 1.807) is 0 Å². The number of hydrogen-bond acceptors (Lipinski definition) is 3. The molecule has 0 aromatic heterocycles. The van der Waals surface area contributed by atoms with Crippen molar-refractivity contribution in [3.63, 3.8) is 0 Å². The van der Waals surface area contributed by atoms with E-state index in [4.69, 9.17) is 0 Å². The maximum atomic E-state index is 15.6. The van der Waals surface area contributed by atoms with Crippen LogP contribution >= 0.6 is 0 Å². The molecule has 130 valence electrons. The van der Waals surface area contributed by atoms with Crippen molar-refractivity contribution in [1.29, 1.82) is 0 Å². The van der Waals surface area contributed by atoms with Gasteiger partial charge in [0, 0.05) is 25.9 Å². The second-order valence-corrected chi connectivity index (χ2v) is 6.32. The molecule has 0 saturated carbocycles. The maximum absolute atomic E-state index is 15.6. The number of carbonyl (C=O) groups is 3. The summed E-state index contributed by atoms with van der Waals surface area (Å²) < 4.78 is 30.6. The van der Waals surface area contributed by atoms with Gasteiger partial charge in [-0.25, -0.2) is 8.78 Å². The van der Waals surface area contributed by atoms with Gasteiger partial charge in [-0.1, -0.05) is 0 Å². The Morgan fingerprint density at radius 2 is 1.88 bits per heavy atom. The van der Waals surface area contributed by atoms with Crippen LogP contribution in [0.1, 0.15) is 32.6 Å². The number of carboxylic acid groups (broad SMARTS) is 1. The van der Waals surface area contributed by atoms with Crippen LogP contribution in [0.3, 0.4) is 0 Å². The Morgan fingerprint density at radius 1 is 1.25 bits per heavy atom. The molecule has 2 amide bonds. The highest BCUT2D eigenvalue weighted by Crippen LogP contribution is 2.45. The van der Waals surface area contributed by atoms with Crippen molar-refractivity contribution < 1.29 is 28.3 Å². The highest BCUT2D eigenvalue weighted by atomic mass is 19.2. The average Bonchev–Trinajstić information content (AvgIpc) is 3.07. The number of allylic oxidation sites excluding steroid dienone is 1. The molecule has 1 N–H and O–H groups in total. The third-order valence-electron chi connectivity index (χ3n) is 4.75. The molecular weight excluding hydrogens is 322 g/mol. The molecule has 0 bridgehead atoms. The summed E-state index contributed by atoms with van der Waals surface area (Å²) in [6.07, 6.45) is 2.25. The van der Waals surface area contributed by atoms with Gasteiger partial charge in [-0.2, -0.15) is 0 Å². The summed E-state index contributed by atoms with van der Waals surface area (Å²) in [6.45, 7) is 1.72. The normalized spacial score (nSPS) is 31.1. The summed E-state index contributed by atoms with van der Waals surface area (Å²) in [4.78, 5) is 37.4. The van der Waals surface area contributed by atoms with E-state index in [1.807, 2.05) is 0 Å². The number of alkyl halides is 1. The van der Waals surface area contributed by atoms with Gasteiger partial charge in [0.25, 0.3) is 0 Å². The molecule has 2 unspecified atom stereocenters. The van der Waals surface area contributed by atoms with Crippen LogP contribution in [0.5, 0.6) is 0 Å². The van der Waals surface area contributed by atoms with E-state index in [-0.39, 0.29) is 43.1 Å². The van der Waals surface area contributed by atoms with E-state index in [2.05, 4.69) is 0 Å². The fraction of sp³-hybridized carbons (Fsp3) is 0.562. The highest BCUT2D eigenvalue weighted by Gasteiger charge is 2.56. The summed E-state index contributed by atoms with van der Waals surface area (Å²) in [7, 11) is 0. The maximum Gasteiger partial charge on any atom is 0.319 e. The van der Waals surface area contributed by atoms with E-state index in [0.29, 0.717) is 12.8 Å². The fourth-order valence-corrected chi connectivity index (χ4v) is 3.71. The molecule has 0 aromatic carbocycles. The Hall–Kier alpha value is -2.25. The van der Waals surface area contributed by atoms with Gasteiger partial charge < -0.3 is 14.9 Å². The van der Waals surface area contributed by atoms with Crippen LogP contribution in [-0.2, 0) is 14.4 Å². The number of nitrogens with zero attached hydrogens (tertiary/aromatic N) is 2. The van der Waals surface area contributed by atoms with Gasteiger partial charge in [0.15, 0.2) is 5.92 Å². The van der Waals surface area contributed by atoms with E-state index >= 15 is 8.78 Å². The van der Waals surface area contributed by atoms with Gasteiger partial charge >= 0.3 is 5.97 Å². The molecule has 8 heteroatoms. The summed E-state index contributed by atoms with van der Waals surface area (Å²) >= 11 is 0. The van der Waals surface area contributed by atoms with Gasteiger partial charge in [0.05, 0.1) is 5.70 Å². The number of hydrogen-bond donors (Lipinski definition) is 1. The quantitative estimate of drug-likeness (QED) is 0.794. The SMILES string of the molecule is CC1=CC(F)(N2CCCC2=O)C(C(=O)O)C(F)=C1N1CCCC1=O. The predicted molar refractivity (Wildman–Crippen MR) is 78.7 cm³/mol. The van der Waals surface area contributed by atoms with Gasteiger partial charge in [0.1, 0.15) is 5.83 Å². The summed E-state index contributed by atoms with van der Waals surface area (Å²) in [5, 5.41) is 9.42. The van der Waals surface area contributed by atoms with Gasteiger partial charge in [0.2, 0.25) is 17.6 Å². The van der Waals surface area contributed by atoms with E-state index < -0.39 is 29.4 Å². The van der Waals surface area contributed by atoms with Crippen LogP contribution in [0, 0.1) is 5.92 Å². The first kappa shape index (κ1) is 16.6. The van der Waals surface area contributed by atoms with Crippen molar-refractivity contribution in [3.05, 3.63) is 23.2 Å². The largest absolute Gasteiger partial charge is 0.481 e. The van der Waals surface area contributed by atoms with Gasteiger partial charge in [-0.3, -0.25) is 14.4 Å². The third kappa shape index (κ3) is 2.32. The number of carbonyl (C=O) groups excluding carboxylic acids is 2. The zero-order chi connectivity index (χ0) is 17.6. The van der Waals surface area contributed by atoms with Crippen molar-refractivity contribution >= 4 is 17.8 Å². The number of halogens is 2. The first-order valence-electron chi connectivity index (χ1n) is 7.89. The topological polar surface area (TPSA) is 77.9 Å². The van der Waals surface area contributed by atoms with Crippen molar-refractivity contribution in [2.75, 3.05) is 13.1 Å².